The Bertz CT molecular complexity index is 309. The summed E-state index contributed by atoms with van der Waals surface area (Å²) in [7, 11) is 0. The van der Waals surface area contributed by atoms with Gasteiger partial charge in [0.25, 0.3) is 0 Å². The summed E-state index contributed by atoms with van der Waals surface area (Å²) in [6, 6.07) is 0. The second kappa shape index (κ2) is 5.20. The molecule has 0 saturated heterocycles. The lowest BCUT2D eigenvalue weighted by molar-refractivity contribution is 0.0496. The summed E-state index contributed by atoms with van der Waals surface area (Å²) in [6.07, 6.45) is 8.00. The Morgan fingerprint density at radius 2 is 1.31 bits per heavy atom. The molecule has 16 heavy (non-hydrogen) atoms. The van der Waals surface area contributed by atoms with Crippen LogP contribution in [0.5, 0.6) is 0 Å². The number of fused-ring (bicyclic) bond motifs is 3. The van der Waals surface area contributed by atoms with Gasteiger partial charge in [0, 0.05) is 0 Å². The Morgan fingerprint density at radius 3 is 1.62 bits per heavy atom. The maximum atomic E-state index is 10.1. The average Bonchev–Trinajstić information content (AvgIpc) is 2.34. The molecule has 0 amide bonds. The van der Waals surface area contributed by atoms with Gasteiger partial charge in [0.15, 0.2) is 0 Å². The molecule has 4 nitrogen and oxygen atoms in total. The molecule has 4 heteroatoms. The van der Waals surface area contributed by atoms with Crippen molar-refractivity contribution in [1.29, 1.82) is 0 Å². The molecule has 0 radical (unpaired) electrons. The summed E-state index contributed by atoms with van der Waals surface area (Å²) in [5, 5.41) is 0. The Labute approximate surface area is 94.9 Å². The molecule has 3 saturated carbocycles. The van der Waals surface area contributed by atoms with E-state index in [4.69, 9.17) is 0 Å². The minimum absolute atomic E-state index is 0.552. The molecule has 3 rings (SSSR count). The van der Waals surface area contributed by atoms with Gasteiger partial charge in [-0.05, 0) is 49.4 Å². The van der Waals surface area contributed by atoms with Gasteiger partial charge in [0.05, 0.1) is 13.1 Å². The van der Waals surface area contributed by atoms with E-state index in [0.717, 1.165) is 12.8 Å². The van der Waals surface area contributed by atoms with Crippen LogP contribution in [0.2, 0.25) is 0 Å². The summed E-state index contributed by atoms with van der Waals surface area (Å²) >= 11 is 0. The Kier molecular flexibility index (Phi) is 3.66. The van der Waals surface area contributed by atoms with Gasteiger partial charge in [-0.15, -0.1) is 0 Å². The van der Waals surface area contributed by atoms with Crippen LogP contribution in [0.4, 0.5) is 0 Å². The molecule has 86 valence electrons. The summed E-state index contributed by atoms with van der Waals surface area (Å²) in [4.78, 5) is 27.6. The molecule has 4 atom stereocenters. The largest absolute Gasteiger partial charge is 0.234 e. The molecule has 3 aliphatic rings. The smallest absolute Gasteiger partial charge is 0.211 e. The van der Waals surface area contributed by atoms with E-state index >= 15 is 0 Å². The third kappa shape index (κ3) is 2.29. The first-order valence-electron chi connectivity index (χ1n) is 5.92. The van der Waals surface area contributed by atoms with Crippen molar-refractivity contribution in [2.75, 3.05) is 13.1 Å². The molecule has 3 aliphatic carbocycles. The van der Waals surface area contributed by atoms with Crippen molar-refractivity contribution < 1.29 is 9.59 Å². The van der Waals surface area contributed by atoms with Crippen molar-refractivity contribution in [2.24, 2.45) is 33.7 Å². The zero-order chi connectivity index (χ0) is 11.4. The molecule has 0 aromatic rings. The predicted molar refractivity (Wildman–Crippen MR) is 58.4 cm³/mol. The first-order chi connectivity index (χ1) is 7.85. The number of hydrogen-bond donors (Lipinski definition) is 0. The van der Waals surface area contributed by atoms with Crippen molar-refractivity contribution >= 4 is 12.2 Å². The van der Waals surface area contributed by atoms with Crippen molar-refractivity contribution in [1.82, 2.24) is 0 Å². The van der Waals surface area contributed by atoms with E-state index < -0.39 is 0 Å². The third-order valence-electron chi connectivity index (χ3n) is 4.23. The minimum Gasteiger partial charge on any atom is -0.211 e. The highest BCUT2D eigenvalue weighted by molar-refractivity contribution is 5.33. The average molecular weight is 220 g/mol. The fourth-order valence-electron chi connectivity index (χ4n) is 3.44. The maximum absolute atomic E-state index is 10.1. The number of carbonyl (C=O) groups excluding carboxylic acids is 2. The molecule has 0 spiro atoms. The van der Waals surface area contributed by atoms with Crippen LogP contribution in [-0.2, 0) is 9.59 Å². The Morgan fingerprint density at radius 1 is 0.875 bits per heavy atom. The molecular formula is C12H16N2O2. The van der Waals surface area contributed by atoms with Crippen LogP contribution in [0, 0.1) is 23.7 Å². The van der Waals surface area contributed by atoms with Gasteiger partial charge in [0.1, 0.15) is 0 Å². The van der Waals surface area contributed by atoms with Crippen LogP contribution in [0.25, 0.3) is 0 Å². The predicted octanol–water partition coefficient (Wildman–Crippen LogP) is 1.71. The molecule has 0 aromatic carbocycles. The molecule has 4 unspecified atom stereocenters. The van der Waals surface area contributed by atoms with E-state index in [-0.39, 0.29) is 0 Å². The van der Waals surface area contributed by atoms with Crippen LogP contribution in [0.1, 0.15) is 25.7 Å². The number of nitrogens with zero attached hydrogens (tertiary/aromatic N) is 2. The Hall–Kier alpha value is -1.24. The van der Waals surface area contributed by atoms with Crippen molar-refractivity contribution in [3.8, 4) is 0 Å². The van der Waals surface area contributed by atoms with Gasteiger partial charge >= 0.3 is 0 Å². The SMILES string of the molecule is O=C=NCC1CC2CCC1CC2CN=C=O. The zero-order valence-corrected chi connectivity index (χ0v) is 9.26. The van der Waals surface area contributed by atoms with Gasteiger partial charge in [-0.25, -0.2) is 19.6 Å². The number of rotatable bonds is 4. The van der Waals surface area contributed by atoms with Gasteiger partial charge in [-0.3, -0.25) is 0 Å². The van der Waals surface area contributed by atoms with Crippen molar-refractivity contribution in [2.45, 2.75) is 25.7 Å². The minimum atomic E-state index is 0.552. The van der Waals surface area contributed by atoms with E-state index in [1.54, 1.807) is 12.2 Å². The lowest BCUT2D eigenvalue weighted by Gasteiger charge is -2.46. The molecular weight excluding hydrogens is 204 g/mol. The van der Waals surface area contributed by atoms with E-state index in [1.807, 2.05) is 0 Å². The number of hydrogen-bond acceptors (Lipinski definition) is 4. The van der Waals surface area contributed by atoms with Crippen LogP contribution in [0.3, 0.4) is 0 Å². The second-order valence-electron chi connectivity index (χ2n) is 4.95. The zero-order valence-electron chi connectivity index (χ0n) is 9.26. The van der Waals surface area contributed by atoms with E-state index in [2.05, 4.69) is 9.98 Å². The van der Waals surface area contributed by atoms with Crippen LogP contribution >= 0.6 is 0 Å². The van der Waals surface area contributed by atoms with Gasteiger partial charge in [-0.1, -0.05) is 0 Å². The number of isocyanates is 2. The normalized spacial score (nSPS) is 36.2. The fraction of sp³-hybridized carbons (Fsp3) is 0.833. The first kappa shape index (κ1) is 11.3. The second-order valence-corrected chi connectivity index (χ2v) is 4.95. The topological polar surface area (TPSA) is 58.9 Å². The third-order valence-corrected chi connectivity index (χ3v) is 4.23. The summed E-state index contributed by atoms with van der Waals surface area (Å²) in [5.41, 5.74) is 0. The highest BCUT2D eigenvalue weighted by Crippen LogP contribution is 2.48. The van der Waals surface area contributed by atoms with Crippen LogP contribution < -0.4 is 0 Å². The standard InChI is InChI=1S/C12H16N2O2/c15-7-13-5-11-4-10-2-1-9(11)3-12(10)6-14-8-16/h9-12H,1-6H2. The van der Waals surface area contributed by atoms with E-state index in [9.17, 15) is 9.59 Å². The molecule has 2 bridgehead atoms. The van der Waals surface area contributed by atoms with Crippen molar-refractivity contribution in [3.63, 3.8) is 0 Å². The molecule has 3 fully saturated rings. The highest BCUT2D eigenvalue weighted by atomic mass is 16.1. The molecule has 0 N–H and O–H groups in total. The maximum Gasteiger partial charge on any atom is 0.234 e. The monoisotopic (exact) mass is 220 g/mol. The van der Waals surface area contributed by atoms with Gasteiger partial charge in [0.2, 0.25) is 12.2 Å². The highest BCUT2D eigenvalue weighted by Gasteiger charge is 2.41. The van der Waals surface area contributed by atoms with E-state index in [1.165, 1.54) is 12.8 Å². The molecule has 0 aromatic heterocycles. The lowest BCUT2D eigenvalue weighted by Crippen LogP contribution is -2.39. The summed E-state index contributed by atoms with van der Waals surface area (Å²) in [6.45, 7) is 1.27. The van der Waals surface area contributed by atoms with Crippen LogP contribution in [-0.4, -0.2) is 25.2 Å². The van der Waals surface area contributed by atoms with Gasteiger partial charge in [-0.2, -0.15) is 0 Å². The summed E-state index contributed by atoms with van der Waals surface area (Å²) in [5.74, 6) is 2.43. The summed E-state index contributed by atoms with van der Waals surface area (Å²) < 4.78 is 0. The molecule has 0 aliphatic heterocycles. The molecule has 0 heterocycles. The van der Waals surface area contributed by atoms with Crippen LogP contribution in [0.15, 0.2) is 9.98 Å². The quantitative estimate of drug-likeness (QED) is 0.535. The van der Waals surface area contributed by atoms with Crippen molar-refractivity contribution in [3.05, 3.63) is 0 Å². The van der Waals surface area contributed by atoms with E-state index in [0.29, 0.717) is 36.8 Å². The number of aliphatic imine (C=N–C) groups is 2. The van der Waals surface area contributed by atoms with Gasteiger partial charge < -0.3 is 0 Å². The fourth-order valence-corrected chi connectivity index (χ4v) is 3.44. The first-order valence-corrected chi connectivity index (χ1v) is 5.92. The lowest BCUT2D eigenvalue weighted by atomic mass is 9.60. The Balaban J connectivity index is 1.95.